The molecule has 1 amide bonds. The molecule has 5 heteroatoms. The van der Waals surface area contributed by atoms with E-state index in [0.717, 1.165) is 22.0 Å². The molecule has 2 rings (SSSR count). The van der Waals surface area contributed by atoms with Crippen LogP contribution in [-0.4, -0.2) is 18.0 Å². The van der Waals surface area contributed by atoms with Crippen LogP contribution in [-0.2, 0) is 17.8 Å². The Morgan fingerprint density at radius 3 is 2.86 bits per heavy atom. The standard InChI is InChI=1S/C16H20N2O2S/c1-11-12(2)21-16(18-11)10-17-15(19)8-7-13-5-4-6-14(9-13)20-3/h4-6,9H,7-8,10H2,1-3H3,(H,17,19). The molecule has 0 aliphatic rings. The van der Waals surface area contributed by atoms with E-state index in [2.05, 4.69) is 10.3 Å². The maximum absolute atomic E-state index is 11.9. The summed E-state index contributed by atoms with van der Waals surface area (Å²) in [6, 6.07) is 7.80. The van der Waals surface area contributed by atoms with E-state index in [-0.39, 0.29) is 5.91 Å². The van der Waals surface area contributed by atoms with Crippen LogP contribution in [0.15, 0.2) is 24.3 Å². The van der Waals surface area contributed by atoms with E-state index < -0.39 is 0 Å². The molecule has 0 radical (unpaired) electrons. The van der Waals surface area contributed by atoms with Crippen molar-refractivity contribution in [3.63, 3.8) is 0 Å². The third kappa shape index (κ3) is 4.56. The molecule has 0 saturated carbocycles. The van der Waals surface area contributed by atoms with Crippen LogP contribution in [0.2, 0.25) is 0 Å². The highest BCUT2D eigenvalue weighted by molar-refractivity contribution is 7.11. The molecule has 21 heavy (non-hydrogen) atoms. The van der Waals surface area contributed by atoms with Crippen LogP contribution in [0, 0.1) is 13.8 Å². The van der Waals surface area contributed by atoms with E-state index in [4.69, 9.17) is 4.74 Å². The van der Waals surface area contributed by atoms with Gasteiger partial charge in [-0.15, -0.1) is 11.3 Å². The molecule has 4 nitrogen and oxygen atoms in total. The molecule has 112 valence electrons. The Bertz CT molecular complexity index is 603. The predicted octanol–water partition coefficient (Wildman–Crippen LogP) is 3.02. The summed E-state index contributed by atoms with van der Waals surface area (Å²) in [6.45, 7) is 4.54. The number of hydrogen-bond donors (Lipinski definition) is 1. The largest absolute Gasteiger partial charge is 0.497 e. The number of amides is 1. The zero-order valence-corrected chi connectivity index (χ0v) is 13.4. The van der Waals surface area contributed by atoms with Gasteiger partial charge in [-0.2, -0.15) is 0 Å². The maximum atomic E-state index is 11.9. The molecule has 0 bridgehead atoms. The van der Waals surface area contributed by atoms with Crippen molar-refractivity contribution in [2.45, 2.75) is 33.2 Å². The lowest BCUT2D eigenvalue weighted by Crippen LogP contribution is -2.22. The highest BCUT2D eigenvalue weighted by Crippen LogP contribution is 2.16. The highest BCUT2D eigenvalue weighted by atomic mass is 32.1. The Morgan fingerprint density at radius 1 is 1.38 bits per heavy atom. The number of hydrogen-bond acceptors (Lipinski definition) is 4. The molecule has 0 spiro atoms. The molecule has 1 aromatic heterocycles. The van der Waals surface area contributed by atoms with Gasteiger partial charge < -0.3 is 10.1 Å². The fourth-order valence-electron chi connectivity index (χ4n) is 1.96. The molecule has 0 aliphatic heterocycles. The Balaban J connectivity index is 1.79. The monoisotopic (exact) mass is 304 g/mol. The maximum Gasteiger partial charge on any atom is 0.220 e. The van der Waals surface area contributed by atoms with Gasteiger partial charge in [0.1, 0.15) is 10.8 Å². The minimum absolute atomic E-state index is 0.0447. The topological polar surface area (TPSA) is 51.2 Å². The van der Waals surface area contributed by atoms with Crippen LogP contribution in [0.1, 0.15) is 27.6 Å². The summed E-state index contributed by atoms with van der Waals surface area (Å²) in [5, 5.41) is 3.87. The van der Waals surface area contributed by atoms with Crippen molar-refractivity contribution < 1.29 is 9.53 Å². The van der Waals surface area contributed by atoms with Crippen LogP contribution >= 0.6 is 11.3 Å². The summed E-state index contributed by atoms with van der Waals surface area (Å²) in [5.74, 6) is 0.866. The molecule has 2 aromatic rings. The van der Waals surface area contributed by atoms with Crippen molar-refractivity contribution in [3.8, 4) is 5.75 Å². The number of aromatic nitrogens is 1. The lowest BCUT2D eigenvalue weighted by molar-refractivity contribution is -0.121. The molecule has 0 saturated heterocycles. The summed E-state index contributed by atoms with van der Waals surface area (Å²) < 4.78 is 5.17. The average molecular weight is 304 g/mol. The van der Waals surface area contributed by atoms with Crippen molar-refractivity contribution in [1.29, 1.82) is 0 Å². The minimum atomic E-state index is 0.0447. The Morgan fingerprint density at radius 2 is 2.19 bits per heavy atom. The molecule has 0 unspecified atom stereocenters. The zero-order valence-electron chi connectivity index (χ0n) is 12.6. The summed E-state index contributed by atoms with van der Waals surface area (Å²) in [5.41, 5.74) is 2.14. The first kappa shape index (κ1) is 15.5. The quantitative estimate of drug-likeness (QED) is 0.892. The zero-order chi connectivity index (χ0) is 15.2. The van der Waals surface area contributed by atoms with Crippen molar-refractivity contribution in [2.75, 3.05) is 7.11 Å². The molecule has 0 aliphatic carbocycles. The van der Waals surface area contributed by atoms with Gasteiger partial charge in [0.15, 0.2) is 0 Å². The van der Waals surface area contributed by atoms with E-state index in [1.807, 2.05) is 38.1 Å². The van der Waals surface area contributed by atoms with Crippen molar-refractivity contribution in [1.82, 2.24) is 10.3 Å². The van der Waals surface area contributed by atoms with Crippen molar-refractivity contribution in [3.05, 3.63) is 45.4 Å². The number of carbonyl (C=O) groups excluding carboxylic acids is 1. The molecule has 1 heterocycles. The van der Waals surface area contributed by atoms with Gasteiger partial charge in [0.2, 0.25) is 5.91 Å². The Labute approximate surface area is 129 Å². The van der Waals surface area contributed by atoms with Gasteiger partial charge >= 0.3 is 0 Å². The predicted molar refractivity (Wildman–Crippen MR) is 84.7 cm³/mol. The number of aryl methyl sites for hydroxylation is 3. The van der Waals surface area contributed by atoms with Gasteiger partial charge in [-0.1, -0.05) is 12.1 Å². The lowest BCUT2D eigenvalue weighted by Gasteiger charge is -2.05. The van der Waals surface area contributed by atoms with Crippen LogP contribution in [0.25, 0.3) is 0 Å². The van der Waals surface area contributed by atoms with E-state index >= 15 is 0 Å². The third-order valence-electron chi connectivity index (χ3n) is 3.28. The molecule has 0 atom stereocenters. The Hall–Kier alpha value is -1.88. The first-order chi connectivity index (χ1) is 10.1. The second-order valence-electron chi connectivity index (χ2n) is 4.88. The highest BCUT2D eigenvalue weighted by Gasteiger charge is 2.06. The number of nitrogens with one attached hydrogen (secondary N) is 1. The molecule has 1 N–H and O–H groups in total. The van der Waals surface area contributed by atoms with Gasteiger partial charge in [0, 0.05) is 11.3 Å². The summed E-state index contributed by atoms with van der Waals surface area (Å²) in [6.07, 6.45) is 1.18. The summed E-state index contributed by atoms with van der Waals surface area (Å²) in [7, 11) is 1.64. The fraction of sp³-hybridized carbons (Fsp3) is 0.375. The van der Waals surface area contributed by atoms with Crippen molar-refractivity contribution >= 4 is 17.2 Å². The number of benzene rings is 1. The van der Waals surface area contributed by atoms with Gasteiger partial charge in [-0.3, -0.25) is 4.79 Å². The molecular formula is C16H20N2O2S. The van der Waals surface area contributed by atoms with Crippen molar-refractivity contribution in [2.24, 2.45) is 0 Å². The fourth-order valence-corrected chi connectivity index (χ4v) is 2.84. The van der Waals surface area contributed by atoms with E-state index in [9.17, 15) is 4.79 Å². The van der Waals surface area contributed by atoms with Gasteiger partial charge in [-0.25, -0.2) is 4.98 Å². The van der Waals surface area contributed by atoms with E-state index in [1.165, 1.54) is 4.88 Å². The first-order valence-electron chi connectivity index (χ1n) is 6.91. The molecule has 0 fully saturated rings. The normalized spacial score (nSPS) is 10.4. The van der Waals surface area contributed by atoms with Crippen LogP contribution in [0.4, 0.5) is 0 Å². The average Bonchev–Trinajstić information content (AvgIpc) is 2.82. The van der Waals surface area contributed by atoms with Crippen LogP contribution in [0.5, 0.6) is 5.75 Å². The first-order valence-corrected chi connectivity index (χ1v) is 7.72. The van der Waals surface area contributed by atoms with E-state index in [0.29, 0.717) is 19.4 Å². The Kier molecular flexibility index (Phi) is 5.33. The smallest absolute Gasteiger partial charge is 0.220 e. The number of thiazole rings is 1. The van der Waals surface area contributed by atoms with Crippen LogP contribution in [0.3, 0.4) is 0 Å². The van der Waals surface area contributed by atoms with Gasteiger partial charge in [-0.05, 0) is 38.0 Å². The van der Waals surface area contributed by atoms with Gasteiger partial charge in [0.05, 0.1) is 19.3 Å². The second-order valence-corrected chi connectivity index (χ2v) is 6.17. The van der Waals surface area contributed by atoms with Crippen LogP contribution < -0.4 is 10.1 Å². The number of methoxy groups -OCH3 is 1. The SMILES string of the molecule is COc1cccc(CCC(=O)NCc2nc(C)c(C)s2)c1. The number of carbonyl (C=O) groups is 1. The lowest BCUT2D eigenvalue weighted by atomic mass is 10.1. The minimum Gasteiger partial charge on any atom is -0.497 e. The third-order valence-corrected chi connectivity index (χ3v) is 4.36. The molecular weight excluding hydrogens is 284 g/mol. The molecule has 1 aromatic carbocycles. The second kappa shape index (κ2) is 7.22. The number of ether oxygens (including phenoxy) is 1. The summed E-state index contributed by atoms with van der Waals surface area (Å²) in [4.78, 5) is 17.5. The van der Waals surface area contributed by atoms with Gasteiger partial charge in [0.25, 0.3) is 0 Å². The summed E-state index contributed by atoms with van der Waals surface area (Å²) >= 11 is 1.63. The number of rotatable bonds is 6. The number of nitrogens with zero attached hydrogens (tertiary/aromatic N) is 1. The van der Waals surface area contributed by atoms with E-state index in [1.54, 1.807) is 18.4 Å².